The van der Waals surface area contributed by atoms with E-state index >= 15 is 0 Å². The minimum absolute atomic E-state index is 0.182. The average molecular weight is 286 g/mol. The molecule has 0 fully saturated rings. The molecule has 0 aliphatic heterocycles. The van der Waals surface area contributed by atoms with Crippen LogP contribution in [-0.4, -0.2) is 15.6 Å². The van der Waals surface area contributed by atoms with E-state index in [-0.39, 0.29) is 5.75 Å². The van der Waals surface area contributed by atoms with Crippen LogP contribution in [-0.2, 0) is 6.54 Å². The van der Waals surface area contributed by atoms with Crippen molar-refractivity contribution in [2.24, 2.45) is 5.73 Å². The van der Waals surface area contributed by atoms with Crippen LogP contribution in [0.2, 0.25) is 0 Å². The van der Waals surface area contributed by atoms with E-state index in [1.165, 1.54) is 0 Å². The zero-order valence-electron chi connectivity index (χ0n) is 12.8. The van der Waals surface area contributed by atoms with Crippen LogP contribution in [0.5, 0.6) is 5.75 Å². The Hall–Kier alpha value is -2.23. The van der Waals surface area contributed by atoms with Gasteiger partial charge in [0.25, 0.3) is 5.91 Å². The van der Waals surface area contributed by atoms with E-state index in [4.69, 9.17) is 5.73 Å². The minimum atomic E-state index is -0.427. The van der Waals surface area contributed by atoms with Crippen molar-refractivity contribution < 1.29 is 9.90 Å². The molecule has 2 aromatic rings. The van der Waals surface area contributed by atoms with Gasteiger partial charge in [-0.25, -0.2) is 0 Å². The highest BCUT2D eigenvalue weighted by atomic mass is 16.3. The van der Waals surface area contributed by atoms with E-state index in [9.17, 15) is 9.90 Å². The lowest BCUT2D eigenvalue weighted by Crippen LogP contribution is -2.13. The van der Waals surface area contributed by atoms with Crippen molar-refractivity contribution in [3.63, 3.8) is 0 Å². The van der Waals surface area contributed by atoms with Crippen LogP contribution in [0.3, 0.4) is 0 Å². The summed E-state index contributed by atoms with van der Waals surface area (Å²) in [6.45, 7) is 6.93. The number of carbonyl (C=O) groups is 1. The van der Waals surface area contributed by atoms with E-state index in [1.807, 2.05) is 19.9 Å². The highest BCUT2D eigenvalue weighted by molar-refractivity contribution is 6.02. The first-order valence-corrected chi connectivity index (χ1v) is 7.26. The number of unbranched alkanes of at least 4 members (excludes halogenated alkanes) is 1. The lowest BCUT2D eigenvalue weighted by Gasteiger charge is -2.09. The molecule has 1 heterocycles. The van der Waals surface area contributed by atoms with Crippen LogP contribution in [0, 0.1) is 13.8 Å². The molecule has 4 nitrogen and oxygen atoms in total. The fourth-order valence-electron chi connectivity index (χ4n) is 2.85. The molecule has 0 bridgehead atoms. The van der Waals surface area contributed by atoms with Gasteiger partial charge in [-0.2, -0.15) is 0 Å². The molecule has 112 valence electrons. The monoisotopic (exact) mass is 286 g/mol. The second-order valence-corrected chi connectivity index (χ2v) is 5.34. The minimum Gasteiger partial charge on any atom is -0.508 e. The van der Waals surface area contributed by atoms with Crippen molar-refractivity contribution in [1.29, 1.82) is 0 Å². The summed E-state index contributed by atoms with van der Waals surface area (Å²) in [5.41, 5.74) is 9.69. The number of rotatable bonds is 5. The average Bonchev–Trinajstić information content (AvgIpc) is 2.68. The van der Waals surface area contributed by atoms with Gasteiger partial charge < -0.3 is 15.4 Å². The maximum absolute atomic E-state index is 11.9. The lowest BCUT2D eigenvalue weighted by atomic mass is 10.00. The molecule has 0 spiro atoms. The molecule has 1 aromatic heterocycles. The van der Waals surface area contributed by atoms with Crippen LogP contribution < -0.4 is 5.73 Å². The molecule has 0 aliphatic carbocycles. The van der Waals surface area contributed by atoms with Gasteiger partial charge in [0, 0.05) is 23.5 Å². The Morgan fingerprint density at radius 2 is 2.00 bits per heavy atom. The molecule has 0 saturated carbocycles. The van der Waals surface area contributed by atoms with Gasteiger partial charge in [-0.1, -0.05) is 25.5 Å². The van der Waals surface area contributed by atoms with Crippen molar-refractivity contribution in [3.05, 3.63) is 41.2 Å². The second kappa shape index (κ2) is 6.04. The molecule has 2 rings (SSSR count). The number of nitrogens with zero attached hydrogens (tertiary/aromatic N) is 1. The van der Waals surface area contributed by atoms with Crippen molar-refractivity contribution >= 4 is 5.91 Å². The van der Waals surface area contributed by atoms with Crippen LogP contribution >= 0.6 is 0 Å². The van der Waals surface area contributed by atoms with Crippen molar-refractivity contribution in [2.75, 3.05) is 0 Å². The molecule has 0 radical (unpaired) electrons. The summed E-state index contributed by atoms with van der Waals surface area (Å²) >= 11 is 0. The Labute approximate surface area is 125 Å². The predicted molar refractivity (Wildman–Crippen MR) is 84.4 cm³/mol. The Balaban J connectivity index is 2.66. The molecule has 21 heavy (non-hydrogen) atoms. The number of phenolic OH excluding ortho intramolecular Hbond substituents is 1. The van der Waals surface area contributed by atoms with Crippen molar-refractivity contribution in [2.45, 2.75) is 40.2 Å². The van der Waals surface area contributed by atoms with Crippen LogP contribution in [0.1, 0.15) is 41.5 Å². The molecule has 1 amide bonds. The van der Waals surface area contributed by atoms with Gasteiger partial charge in [-0.15, -0.1) is 0 Å². The Morgan fingerprint density at radius 1 is 1.29 bits per heavy atom. The van der Waals surface area contributed by atoms with Gasteiger partial charge in [-0.05, 0) is 38.0 Å². The summed E-state index contributed by atoms with van der Waals surface area (Å²) in [6, 6.07) is 6.94. The molecular formula is C17H22N2O2. The summed E-state index contributed by atoms with van der Waals surface area (Å²) in [4.78, 5) is 11.9. The Bertz CT molecular complexity index is 672. The van der Waals surface area contributed by atoms with E-state index in [0.29, 0.717) is 5.56 Å². The number of aromatic nitrogens is 1. The first-order chi connectivity index (χ1) is 9.97. The highest BCUT2D eigenvalue weighted by Gasteiger charge is 2.22. The third-order valence-electron chi connectivity index (χ3n) is 3.90. The fraction of sp³-hybridized carbons (Fsp3) is 0.353. The second-order valence-electron chi connectivity index (χ2n) is 5.34. The number of aromatic hydroxyl groups is 1. The van der Waals surface area contributed by atoms with Gasteiger partial charge in [-0.3, -0.25) is 4.79 Å². The van der Waals surface area contributed by atoms with Gasteiger partial charge in [0.1, 0.15) is 5.75 Å². The maximum Gasteiger partial charge on any atom is 0.251 e. The number of benzene rings is 1. The molecule has 4 heteroatoms. The number of hydrogen-bond donors (Lipinski definition) is 2. The van der Waals surface area contributed by atoms with Gasteiger partial charge in [0.05, 0.1) is 5.56 Å². The summed E-state index contributed by atoms with van der Waals surface area (Å²) in [5, 5.41) is 9.69. The summed E-state index contributed by atoms with van der Waals surface area (Å²) in [6.07, 6.45) is 2.14. The van der Waals surface area contributed by atoms with E-state index in [1.54, 1.807) is 18.2 Å². The van der Waals surface area contributed by atoms with Crippen molar-refractivity contribution in [1.82, 2.24) is 4.57 Å². The number of nitrogens with two attached hydrogens (primary N) is 1. The van der Waals surface area contributed by atoms with Crippen molar-refractivity contribution in [3.8, 4) is 16.9 Å². The molecule has 0 aliphatic rings. The molecule has 0 unspecified atom stereocenters. The number of hydrogen-bond acceptors (Lipinski definition) is 2. The first-order valence-electron chi connectivity index (χ1n) is 7.26. The van der Waals surface area contributed by atoms with Gasteiger partial charge >= 0.3 is 0 Å². The summed E-state index contributed by atoms with van der Waals surface area (Å²) in [5.74, 6) is -0.245. The van der Waals surface area contributed by atoms with Crippen LogP contribution in [0.25, 0.3) is 11.1 Å². The summed E-state index contributed by atoms with van der Waals surface area (Å²) < 4.78 is 2.14. The molecule has 0 saturated heterocycles. The number of primary amides is 1. The smallest absolute Gasteiger partial charge is 0.251 e. The standard InChI is InChI=1S/C17H22N2O2/c1-4-5-9-19-11(2)15(16(12(19)3)17(18)21)13-7-6-8-14(20)10-13/h6-8,10,20H,4-5,9H2,1-3H3,(H2,18,21). The Kier molecular flexibility index (Phi) is 4.36. The van der Waals surface area contributed by atoms with E-state index in [0.717, 1.165) is 41.9 Å². The SMILES string of the molecule is CCCCn1c(C)c(C(N)=O)c(-c2cccc(O)c2)c1C. The molecule has 1 aromatic carbocycles. The predicted octanol–water partition coefficient (Wildman–Crippen LogP) is 3.38. The zero-order chi connectivity index (χ0) is 15.6. The third kappa shape index (κ3) is 2.79. The normalized spacial score (nSPS) is 10.8. The van der Waals surface area contributed by atoms with E-state index in [2.05, 4.69) is 11.5 Å². The number of amides is 1. The van der Waals surface area contributed by atoms with Crippen LogP contribution in [0.4, 0.5) is 0 Å². The van der Waals surface area contributed by atoms with Gasteiger partial charge in [0.2, 0.25) is 0 Å². The largest absolute Gasteiger partial charge is 0.508 e. The molecular weight excluding hydrogens is 264 g/mol. The number of phenols is 1. The number of carbonyl (C=O) groups excluding carboxylic acids is 1. The summed E-state index contributed by atoms with van der Waals surface area (Å²) in [7, 11) is 0. The van der Waals surface area contributed by atoms with Gasteiger partial charge in [0.15, 0.2) is 0 Å². The third-order valence-corrected chi connectivity index (χ3v) is 3.90. The molecule has 0 atom stereocenters. The lowest BCUT2D eigenvalue weighted by molar-refractivity contribution is 0.1000. The highest BCUT2D eigenvalue weighted by Crippen LogP contribution is 2.33. The van der Waals surface area contributed by atoms with E-state index < -0.39 is 5.91 Å². The Morgan fingerprint density at radius 3 is 2.57 bits per heavy atom. The maximum atomic E-state index is 11.9. The topological polar surface area (TPSA) is 68.2 Å². The molecule has 3 N–H and O–H groups in total. The van der Waals surface area contributed by atoms with Crippen LogP contribution in [0.15, 0.2) is 24.3 Å². The zero-order valence-corrected chi connectivity index (χ0v) is 12.8. The fourth-order valence-corrected chi connectivity index (χ4v) is 2.85. The quantitative estimate of drug-likeness (QED) is 0.884. The first kappa shape index (κ1) is 15.2.